The summed E-state index contributed by atoms with van der Waals surface area (Å²) in [7, 11) is 1.78. The van der Waals surface area contributed by atoms with Crippen LogP contribution < -0.4 is 4.68 Å². The van der Waals surface area contributed by atoms with Crippen molar-refractivity contribution in [3.8, 4) is 5.69 Å². The number of hydrogen-bond donors (Lipinski definition) is 0. The quantitative estimate of drug-likeness (QED) is 0.679. The van der Waals surface area contributed by atoms with Gasteiger partial charge in [-0.3, -0.25) is 0 Å². The molecule has 5 heteroatoms. The number of aromatic nitrogens is 2. The predicted molar refractivity (Wildman–Crippen MR) is 56.7 cm³/mol. The zero-order chi connectivity index (χ0) is 12.6. The number of hydrogen-bond acceptors (Lipinski definition) is 0. The van der Waals surface area contributed by atoms with E-state index in [1.807, 2.05) is 0 Å². The zero-order valence-corrected chi connectivity index (χ0v) is 9.49. The van der Waals surface area contributed by atoms with E-state index in [0.717, 1.165) is 17.7 Å². The average molecular weight is 241 g/mol. The second kappa shape index (κ2) is 3.91. The molecule has 0 saturated carbocycles. The van der Waals surface area contributed by atoms with Gasteiger partial charge in [0.05, 0.1) is 11.8 Å². The van der Waals surface area contributed by atoms with E-state index in [9.17, 15) is 13.2 Å². The van der Waals surface area contributed by atoms with Gasteiger partial charge in [-0.15, -0.1) is 9.36 Å². The third-order valence-electron chi connectivity index (χ3n) is 2.65. The van der Waals surface area contributed by atoms with Crippen molar-refractivity contribution in [1.29, 1.82) is 0 Å². The Bertz CT molecular complexity index is 541. The van der Waals surface area contributed by atoms with Gasteiger partial charge in [-0.1, -0.05) is 6.07 Å². The van der Waals surface area contributed by atoms with Crippen LogP contribution in [0.15, 0.2) is 36.7 Å². The van der Waals surface area contributed by atoms with Crippen molar-refractivity contribution in [3.63, 3.8) is 0 Å². The fourth-order valence-electron chi connectivity index (χ4n) is 1.70. The molecule has 0 unspecified atom stereocenters. The van der Waals surface area contributed by atoms with Gasteiger partial charge in [0.25, 0.3) is 0 Å². The molecule has 1 heterocycles. The van der Waals surface area contributed by atoms with Gasteiger partial charge < -0.3 is 0 Å². The summed E-state index contributed by atoms with van der Waals surface area (Å²) in [5.41, 5.74) is 0.698. The summed E-state index contributed by atoms with van der Waals surface area (Å²) in [6.07, 6.45) is -0.809. The summed E-state index contributed by atoms with van der Waals surface area (Å²) in [5.74, 6) is 0. The van der Waals surface area contributed by atoms with Gasteiger partial charge in [-0.25, -0.2) is 0 Å². The number of aryl methyl sites for hydroxylation is 2. The largest absolute Gasteiger partial charge is 0.416 e. The molecule has 0 radical (unpaired) electrons. The number of halogens is 3. The molecular weight excluding hydrogens is 229 g/mol. The van der Waals surface area contributed by atoms with E-state index in [-0.39, 0.29) is 0 Å². The molecule has 2 nitrogen and oxygen atoms in total. The molecule has 0 atom stereocenters. The highest BCUT2D eigenvalue weighted by Gasteiger charge is 2.31. The zero-order valence-electron chi connectivity index (χ0n) is 9.49. The minimum atomic E-state index is -4.31. The van der Waals surface area contributed by atoms with Gasteiger partial charge in [0.2, 0.25) is 0 Å². The van der Waals surface area contributed by atoms with Crippen LogP contribution in [0.5, 0.6) is 0 Å². The van der Waals surface area contributed by atoms with E-state index in [1.165, 1.54) is 6.07 Å². The first-order chi connectivity index (χ1) is 7.89. The number of alkyl halides is 3. The summed E-state index contributed by atoms with van der Waals surface area (Å²) >= 11 is 0. The second-order valence-corrected chi connectivity index (χ2v) is 3.91. The van der Waals surface area contributed by atoms with Gasteiger partial charge in [0, 0.05) is 6.07 Å². The van der Waals surface area contributed by atoms with E-state index >= 15 is 0 Å². The Morgan fingerprint density at radius 2 is 1.94 bits per heavy atom. The van der Waals surface area contributed by atoms with Gasteiger partial charge in [-0.2, -0.15) is 13.2 Å². The first-order valence-electron chi connectivity index (χ1n) is 5.11. The molecule has 0 bridgehead atoms. The molecule has 17 heavy (non-hydrogen) atoms. The lowest BCUT2D eigenvalue weighted by molar-refractivity contribution is -0.744. The van der Waals surface area contributed by atoms with Gasteiger partial charge >= 0.3 is 6.18 Å². The van der Waals surface area contributed by atoms with Crippen LogP contribution in [0.3, 0.4) is 0 Å². The number of benzene rings is 1. The lowest BCUT2D eigenvalue weighted by Gasteiger charge is -2.10. The lowest BCUT2D eigenvalue weighted by Crippen LogP contribution is -2.37. The lowest BCUT2D eigenvalue weighted by atomic mass is 10.1. The minimum Gasteiger partial charge on any atom is -0.166 e. The Labute approximate surface area is 96.9 Å². The molecule has 0 aliphatic rings. The molecule has 0 aliphatic heterocycles. The second-order valence-electron chi connectivity index (χ2n) is 3.91. The van der Waals surface area contributed by atoms with Crippen molar-refractivity contribution in [3.05, 3.63) is 47.8 Å². The number of rotatable bonds is 1. The molecule has 1 aromatic heterocycles. The van der Waals surface area contributed by atoms with Crippen molar-refractivity contribution >= 4 is 0 Å². The van der Waals surface area contributed by atoms with Crippen molar-refractivity contribution < 1.29 is 17.9 Å². The summed E-state index contributed by atoms with van der Waals surface area (Å²) in [6.45, 7) is 1.79. The first-order valence-corrected chi connectivity index (χ1v) is 5.11. The Morgan fingerprint density at radius 1 is 1.24 bits per heavy atom. The molecule has 2 aromatic rings. The Hall–Kier alpha value is -1.78. The molecule has 0 fully saturated rings. The summed E-state index contributed by atoms with van der Waals surface area (Å²) < 4.78 is 41.3. The summed E-state index contributed by atoms with van der Waals surface area (Å²) in [4.78, 5) is 0. The van der Waals surface area contributed by atoms with Gasteiger partial charge in [0.15, 0.2) is 13.2 Å². The summed E-state index contributed by atoms with van der Waals surface area (Å²) in [5, 5.41) is 0. The van der Waals surface area contributed by atoms with Crippen LogP contribution in [-0.4, -0.2) is 4.68 Å². The van der Waals surface area contributed by atoms with E-state index in [2.05, 4.69) is 0 Å². The van der Waals surface area contributed by atoms with Crippen molar-refractivity contribution in [2.45, 2.75) is 13.1 Å². The number of nitrogens with zero attached hydrogens (tertiary/aromatic N) is 2. The maximum atomic E-state index is 12.6. The Kier molecular flexibility index (Phi) is 2.69. The highest BCUT2D eigenvalue weighted by molar-refractivity contribution is 5.42. The molecule has 1 aromatic carbocycles. The van der Waals surface area contributed by atoms with Crippen LogP contribution in [-0.2, 0) is 13.2 Å². The van der Waals surface area contributed by atoms with Crippen LogP contribution in [0.2, 0.25) is 0 Å². The normalized spacial score (nSPS) is 11.8. The molecule has 0 saturated heterocycles. The predicted octanol–water partition coefficient (Wildman–Crippen LogP) is 2.63. The average Bonchev–Trinajstić information content (AvgIpc) is 2.63. The third kappa shape index (κ3) is 2.18. The molecule has 0 N–H and O–H groups in total. The highest BCUT2D eigenvalue weighted by atomic mass is 19.4. The standard InChI is InChI=1S/C12H12F3N2/c1-9-4-5-10(12(13,14)15)8-11(9)17-7-3-6-16(17)2/h3-8H,1-2H3/q+1. The molecule has 2 rings (SSSR count). The van der Waals surface area contributed by atoms with Crippen molar-refractivity contribution in [2.75, 3.05) is 0 Å². The van der Waals surface area contributed by atoms with Crippen LogP contribution in [0.25, 0.3) is 5.69 Å². The smallest absolute Gasteiger partial charge is 0.166 e. The van der Waals surface area contributed by atoms with Crippen LogP contribution in [0.1, 0.15) is 11.1 Å². The van der Waals surface area contributed by atoms with Crippen LogP contribution in [0, 0.1) is 6.92 Å². The minimum absolute atomic E-state index is 0.535. The molecule has 0 aliphatic carbocycles. The fourth-order valence-corrected chi connectivity index (χ4v) is 1.70. The van der Waals surface area contributed by atoms with E-state index in [0.29, 0.717) is 5.69 Å². The van der Waals surface area contributed by atoms with E-state index in [4.69, 9.17) is 0 Å². The first kappa shape index (κ1) is 11.7. The monoisotopic (exact) mass is 241 g/mol. The van der Waals surface area contributed by atoms with Crippen molar-refractivity contribution in [1.82, 2.24) is 4.68 Å². The topological polar surface area (TPSA) is 8.81 Å². The molecule has 90 valence electrons. The highest BCUT2D eigenvalue weighted by Crippen LogP contribution is 2.31. The maximum absolute atomic E-state index is 12.6. The molecule has 0 amide bonds. The third-order valence-corrected chi connectivity index (χ3v) is 2.65. The van der Waals surface area contributed by atoms with Crippen molar-refractivity contribution in [2.24, 2.45) is 7.05 Å². The van der Waals surface area contributed by atoms with Crippen LogP contribution >= 0.6 is 0 Å². The fraction of sp³-hybridized carbons (Fsp3) is 0.250. The maximum Gasteiger partial charge on any atom is 0.416 e. The van der Waals surface area contributed by atoms with E-state index in [1.54, 1.807) is 41.8 Å². The van der Waals surface area contributed by atoms with Crippen LogP contribution in [0.4, 0.5) is 13.2 Å². The molecule has 0 spiro atoms. The summed E-state index contributed by atoms with van der Waals surface area (Å²) in [6, 6.07) is 5.52. The molecular formula is C12H12F3N2+. The SMILES string of the molecule is Cc1ccc(C(F)(F)F)cc1-n1ccc[n+]1C. The van der Waals surface area contributed by atoms with Gasteiger partial charge in [0.1, 0.15) is 5.69 Å². The van der Waals surface area contributed by atoms with Gasteiger partial charge in [-0.05, 0) is 24.6 Å². The Morgan fingerprint density at radius 3 is 2.47 bits per heavy atom. The Balaban J connectivity index is 2.58. The van der Waals surface area contributed by atoms with E-state index < -0.39 is 11.7 Å².